The minimum absolute atomic E-state index is 0.647. The van der Waals surface area contributed by atoms with E-state index in [0.29, 0.717) is 13.2 Å². The summed E-state index contributed by atoms with van der Waals surface area (Å²) in [6.07, 6.45) is 0.946. The normalized spacial score (nSPS) is 11.5. The molecule has 0 radical (unpaired) electrons. The zero-order valence-corrected chi connectivity index (χ0v) is 14.3. The molecule has 1 aromatic carbocycles. The lowest BCUT2D eigenvalue weighted by Crippen LogP contribution is -2.39. The molecule has 0 aliphatic carbocycles. The minimum Gasteiger partial charge on any atom is -0.382 e. The first-order valence-corrected chi connectivity index (χ1v) is 7.71. The Hall–Kier alpha value is -1.59. The van der Waals surface area contributed by atoms with Crippen LogP contribution in [0.15, 0.2) is 29.3 Å². The fourth-order valence-corrected chi connectivity index (χ4v) is 2.05. The Morgan fingerprint density at radius 3 is 2.55 bits per heavy atom. The van der Waals surface area contributed by atoms with Gasteiger partial charge in [-0.15, -0.1) is 0 Å². The fourth-order valence-electron chi connectivity index (χ4n) is 2.05. The zero-order chi connectivity index (χ0) is 16.2. The molecule has 5 nitrogen and oxygen atoms in total. The van der Waals surface area contributed by atoms with Crippen molar-refractivity contribution >= 4 is 5.96 Å². The van der Waals surface area contributed by atoms with E-state index >= 15 is 0 Å². The van der Waals surface area contributed by atoms with Gasteiger partial charge >= 0.3 is 0 Å². The Bertz CT molecular complexity index is 432. The topological polar surface area (TPSA) is 46.1 Å². The minimum atomic E-state index is 0.647. The van der Waals surface area contributed by atoms with Crippen LogP contribution in [0.3, 0.4) is 0 Å². The average Bonchev–Trinajstić information content (AvgIpc) is 2.52. The van der Waals surface area contributed by atoms with Gasteiger partial charge in [0.25, 0.3) is 0 Å². The number of rotatable bonds is 9. The third kappa shape index (κ3) is 7.43. The average molecular weight is 307 g/mol. The van der Waals surface area contributed by atoms with Gasteiger partial charge in [-0.3, -0.25) is 4.99 Å². The van der Waals surface area contributed by atoms with Crippen LogP contribution < -0.4 is 5.32 Å². The van der Waals surface area contributed by atoms with E-state index < -0.39 is 0 Å². The summed E-state index contributed by atoms with van der Waals surface area (Å²) in [6, 6.07) is 8.58. The van der Waals surface area contributed by atoms with Crippen molar-refractivity contribution in [1.82, 2.24) is 10.2 Å². The predicted molar refractivity (Wildman–Crippen MR) is 91.3 cm³/mol. The molecule has 0 heterocycles. The van der Waals surface area contributed by atoms with Crippen LogP contribution in [0.2, 0.25) is 0 Å². The lowest BCUT2D eigenvalue weighted by atomic mass is 10.1. The van der Waals surface area contributed by atoms with E-state index in [0.717, 1.165) is 32.1 Å². The maximum Gasteiger partial charge on any atom is 0.193 e. The van der Waals surface area contributed by atoms with Crippen molar-refractivity contribution < 1.29 is 9.47 Å². The van der Waals surface area contributed by atoms with Crippen LogP contribution in [-0.2, 0) is 16.0 Å². The van der Waals surface area contributed by atoms with Crippen LogP contribution in [0.25, 0.3) is 0 Å². The molecular formula is C17H29N3O2. The largest absolute Gasteiger partial charge is 0.382 e. The second kappa shape index (κ2) is 11.0. The van der Waals surface area contributed by atoms with Gasteiger partial charge in [0.05, 0.1) is 13.2 Å². The summed E-state index contributed by atoms with van der Waals surface area (Å²) < 4.78 is 10.4. The van der Waals surface area contributed by atoms with Gasteiger partial charge in [-0.25, -0.2) is 0 Å². The van der Waals surface area contributed by atoms with Crippen LogP contribution in [-0.4, -0.2) is 58.4 Å². The Labute approximate surface area is 134 Å². The first-order chi connectivity index (χ1) is 10.7. The molecule has 22 heavy (non-hydrogen) atoms. The molecule has 1 rings (SSSR count). The van der Waals surface area contributed by atoms with E-state index in [1.165, 1.54) is 11.1 Å². The van der Waals surface area contributed by atoms with Gasteiger partial charge in [-0.1, -0.05) is 29.8 Å². The zero-order valence-electron chi connectivity index (χ0n) is 14.3. The molecule has 0 bridgehead atoms. The van der Waals surface area contributed by atoms with Gasteiger partial charge in [0.1, 0.15) is 0 Å². The number of hydrogen-bond donors (Lipinski definition) is 1. The summed E-state index contributed by atoms with van der Waals surface area (Å²) >= 11 is 0. The van der Waals surface area contributed by atoms with Crippen molar-refractivity contribution in [2.24, 2.45) is 4.99 Å². The van der Waals surface area contributed by atoms with E-state index in [9.17, 15) is 0 Å². The molecule has 0 fully saturated rings. The Balaban J connectivity index is 2.27. The van der Waals surface area contributed by atoms with E-state index in [4.69, 9.17) is 9.47 Å². The second-order valence-electron chi connectivity index (χ2n) is 5.27. The standard InChI is InChI=1S/C17H29N3O2/c1-15-6-8-16(9-7-15)14-20(3)17(18-2)19-10-5-11-22-13-12-21-4/h6-9H,5,10-14H2,1-4H3,(H,18,19). The molecule has 0 atom stereocenters. The molecule has 0 saturated carbocycles. The molecule has 1 N–H and O–H groups in total. The number of hydrogen-bond acceptors (Lipinski definition) is 3. The number of aliphatic imine (C=N–C) groups is 1. The molecule has 0 saturated heterocycles. The maximum absolute atomic E-state index is 5.44. The third-order valence-electron chi connectivity index (χ3n) is 3.29. The van der Waals surface area contributed by atoms with Crippen molar-refractivity contribution in [3.05, 3.63) is 35.4 Å². The first-order valence-electron chi connectivity index (χ1n) is 7.71. The SMILES string of the molecule is CN=C(NCCCOCCOC)N(C)Cc1ccc(C)cc1. The highest BCUT2D eigenvalue weighted by Crippen LogP contribution is 2.05. The van der Waals surface area contributed by atoms with Crippen LogP contribution in [0.5, 0.6) is 0 Å². The lowest BCUT2D eigenvalue weighted by molar-refractivity contribution is 0.0698. The van der Waals surface area contributed by atoms with E-state index in [2.05, 4.69) is 46.4 Å². The molecule has 0 spiro atoms. The van der Waals surface area contributed by atoms with Crippen molar-refractivity contribution in [1.29, 1.82) is 0 Å². The summed E-state index contributed by atoms with van der Waals surface area (Å²) in [7, 11) is 5.53. The number of nitrogens with one attached hydrogen (secondary N) is 1. The maximum atomic E-state index is 5.44. The van der Waals surface area contributed by atoms with Crippen LogP contribution in [0.4, 0.5) is 0 Å². The highest BCUT2D eigenvalue weighted by Gasteiger charge is 2.05. The molecule has 0 amide bonds. The first kappa shape index (κ1) is 18.5. The van der Waals surface area contributed by atoms with Crippen LogP contribution >= 0.6 is 0 Å². The van der Waals surface area contributed by atoms with Crippen molar-refractivity contribution in [3.8, 4) is 0 Å². The van der Waals surface area contributed by atoms with E-state index in [1.807, 2.05) is 14.1 Å². The van der Waals surface area contributed by atoms with Crippen molar-refractivity contribution in [2.45, 2.75) is 19.9 Å². The molecule has 0 aliphatic rings. The quantitative estimate of drug-likeness (QED) is 0.431. The Kier molecular flexibility index (Phi) is 9.26. The highest BCUT2D eigenvalue weighted by atomic mass is 16.5. The molecular weight excluding hydrogens is 278 g/mol. The highest BCUT2D eigenvalue weighted by molar-refractivity contribution is 5.79. The van der Waals surface area contributed by atoms with Crippen molar-refractivity contribution in [2.75, 3.05) is 47.6 Å². The van der Waals surface area contributed by atoms with Gasteiger partial charge in [0.2, 0.25) is 0 Å². The predicted octanol–water partition coefficient (Wildman–Crippen LogP) is 2.06. The van der Waals surface area contributed by atoms with E-state index in [1.54, 1.807) is 7.11 Å². The summed E-state index contributed by atoms with van der Waals surface area (Å²) in [6.45, 7) is 5.81. The summed E-state index contributed by atoms with van der Waals surface area (Å²) in [5.41, 5.74) is 2.56. The van der Waals surface area contributed by atoms with Gasteiger partial charge < -0.3 is 19.7 Å². The number of methoxy groups -OCH3 is 1. The van der Waals surface area contributed by atoms with Crippen molar-refractivity contribution in [3.63, 3.8) is 0 Å². The monoisotopic (exact) mass is 307 g/mol. The van der Waals surface area contributed by atoms with Gasteiger partial charge in [0, 0.05) is 40.9 Å². The second-order valence-corrected chi connectivity index (χ2v) is 5.27. The Morgan fingerprint density at radius 2 is 1.91 bits per heavy atom. The smallest absolute Gasteiger partial charge is 0.193 e. The number of guanidine groups is 1. The van der Waals surface area contributed by atoms with Crippen LogP contribution in [0.1, 0.15) is 17.5 Å². The molecule has 0 aromatic heterocycles. The fraction of sp³-hybridized carbons (Fsp3) is 0.588. The lowest BCUT2D eigenvalue weighted by Gasteiger charge is -2.22. The number of aryl methyl sites for hydroxylation is 1. The molecule has 1 aromatic rings. The van der Waals surface area contributed by atoms with E-state index in [-0.39, 0.29) is 0 Å². The molecule has 124 valence electrons. The molecule has 0 unspecified atom stereocenters. The molecule has 0 aliphatic heterocycles. The Morgan fingerprint density at radius 1 is 1.18 bits per heavy atom. The van der Waals surface area contributed by atoms with Crippen LogP contribution in [0, 0.1) is 6.92 Å². The van der Waals surface area contributed by atoms with Gasteiger partial charge in [-0.05, 0) is 18.9 Å². The molecule has 5 heteroatoms. The third-order valence-corrected chi connectivity index (χ3v) is 3.29. The summed E-state index contributed by atoms with van der Waals surface area (Å²) in [5.74, 6) is 0.900. The summed E-state index contributed by atoms with van der Waals surface area (Å²) in [4.78, 5) is 6.44. The number of nitrogens with zero attached hydrogens (tertiary/aromatic N) is 2. The number of benzene rings is 1. The van der Waals surface area contributed by atoms with Gasteiger partial charge in [0.15, 0.2) is 5.96 Å². The summed E-state index contributed by atoms with van der Waals surface area (Å²) in [5, 5.41) is 3.36. The number of ether oxygens (including phenoxy) is 2. The van der Waals surface area contributed by atoms with Gasteiger partial charge in [-0.2, -0.15) is 0 Å².